The first-order valence-electron chi connectivity index (χ1n) is 5.09. The van der Waals surface area contributed by atoms with Crippen LogP contribution in [0.25, 0.3) is 0 Å². The predicted molar refractivity (Wildman–Crippen MR) is 60.6 cm³/mol. The van der Waals surface area contributed by atoms with Crippen LogP contribution in [0.4, 0.5) is 0 Å². The number of ether oxygens (including phenoxy) is 1. The lowest BCUT2D eigenvalue weighted by molar-refractivity contribution is 0.0200. The number of benzene rings is 1. The number of hydrogen-bond acceptors (Lipinski definition) is 6. The standard InChI is InChI=1S/C12H12N2O4/c1-18-10-5-7(6-14)4-8(12(10)17)11(16)9(15)2-3-13/h4-5,9,11,15-17H,2H2,1H3. The van der Waals surface area contributed by atoms with Crippen LogP contribution in [0, 0.1) is 22.7 Å². The molecule has 0 aliphatic carbocycles. The van der Waals surface area contributed by atoms with Gasteiger partial charge >= 0.3 is 0 Å². The molecule has 2 atom stereocenters. The van der Waals surface area contributed by atoms with E-state index in [0.717, 1.165) is 0 Å². The molecule has 1 aromatic rings. The lowest BCUT2D eigenvalue weighted by Crippen LogP contribution is -2.17. The third-order valence-electron chi connectivity index (χ3n) is 2.44. The van der Waals surface area contributed by atoms with Crippen LogP contribution in [0.3, 0.4) is 0 Å². The van der Waals surface area contributed by atoms with Crippen LogP contribution < -0.4 is 4.74 Å². The van der Waals surface area contributed by atoms with Crippen molar-refractivity contribution in [1.82, 2.24) is 0 Å². The van der Waals surface area contributed by atoms with Gasteiger partial charge in [0.25, 0.3) is 0 Å². The van der Waals surface area contributed by atoms with Crippen LogP contribution in [-0.4, -0.2) is 28.5 Å². The maximum Gasteiger partial charge on any atom is 0.163 e. The Bertz CT molecular complexity index is 516. The van der Waals surface area contributed by atoms with Gasteiger partial charge < -0.3 is 20.1 Å². The van der Waals surface area contributed by atoms with Crippen LogP contribution in [0.5, 0.6) is 11.5 Å². The summed E-state index contributed by atoms with van der Waals surface area (Å²) in [6, 6.07) is 6.10. The van der Waals surface area contributed by atoms with Gasteiger partial charge in [0.15, 0.2) is 11.5 Å². The van der Waals surface area contributed by atoms with Crippen LogP contribution in [0.2, 0.25) is 0 Å². The Morgan fingerprint density at radius 1 is 1.33 bits per heavy atom. The van der Waals surface area contributed by atoms with Gasteiger partial charge in [0.05, 0.1) is 37.3 Å². The molecule has 0 spiro atoms. The van der Waals surface area contributed by atoms with E-state index in [0.29, 0.717) is 0 Å². The number of methoxy groups -OCH3 is 1. The minimum Gasteiger partial charge on any atom is -0.504 e. The number of rotatable bonds is 4. The molecule has 0 amide bonds. The SMILES string of the molecule is COc1cc(C#N)cc(C(O)C(O)CC#N)c1O. The second kappa shape index (κ2) is 5.87. The van der Waals surface area contributed by atoms with Gasteiger partial charge in [0.1, 0.15) is 6.10 Å². The van der Waals surface area contributed by atoms with E-state index in [1.165, 1.54) is 19.2 Å². The first-order valence-corrected chi connectivity index (χ1v) is 5.09. The van der Waals surface area contributed by atoms with Gasteiger partial charge in [-0.15, -0.1) is 0 Å². The smallest absolute Gasteiger partial charge is 0.163 e. The van der Waals surface area contributed by atoms with Gasteiger partial charge in [0, 0.05) is 11.6 Å². The van der Waals surface area contributed by atoms with Crippen molar-refractivity contribution in [2.75, 3.05) is 7.11 Å². The van der Waals surface area contributed by atoms with Gasteiger partial charge in [-0.25, -0.2) is 0 Å². The van der Waals surface area contributed by atoms with E-state index in [1.807, 2.05) is 6.07 Å². The maximum absolute atomic E-state index is 9.81. The Labute approximate surface area is 104 Å². The zero-order valence-electron chi connectivity index (χ0n) is 9.66. The second-order valence-corrected chi connectivity index (χ2v) is 3.60. The van der Waals surface area contributed by atoms with Gasteiger partial charge in [-0.2, -0.15) is 10.5 Å². The summed E-state index contributed by atoms with van der Waals surface area (Å²) in [7, 11) is 1.30. The molecule has 0 saturated heterocycles. The monoisotopic (exact) mass is 248 g/mol. The first-order chi connectivity index (χ1) is 8.54. The lowest BCUT2D eigenvalue weighted by Gasteiger charge is -2.18. The molecule has 0 radical (unpaired) electrons. The number of aliphatic hydroxyl groups excluding tert-OH is 2. The molecular formula is C12H12N2O4. The molecule has 1 aromatic carbocycles. The number of aromatic hydroxyl groups is 1. The molecule has 0 bridgehead atoms. The minimum atomic E-state index is -1.47. The Hall–Kier alpha value is -2.28. The van der Waals surface area contributed by atoms with Gasteiger partial charge in [0.2, 0.25) is 0 Å². The van der Waals surface area contributed by atoms with Crippen molar-refractivity contribution >= 4 is 0 Å². The summed E-state index contributed by atoms with van der Waals surface area (Å²) in [5.74, 6) is -0.340. The molecule has 0 saturated carbocycles. The number of phenols is 1. The van der Waals surface area contributed by atoms with Crippen LogP contribution in [0.15, 0.2) is 12.1 Å². The van der Waals surface area contributed by atoms with Crippen LogP contribution in [-0.2, 0) is 0 Å². The Kier molecular flexibility index (Phi) is 4.50. The highest BCUT2D eigenvalue weighted by Gasteiger charge is 2.24. The molecule has 0 aliphatic heterocycles. The zero-order chi connectivity index (χ0) is 13.7. The third kappa shape index (κ3) is 2.69. The summed E-state index contributed by atoms with van der Waals surface area (Å²) in [5.41, 5.74) is 0.122. The number of aliphatic hydroxyl groups is 2. The Morgan fingerprint density at radius 2 is 2.00 bits per heavy atom. The summed E-state index contributed by atoms with van der Waals surface area (Å²) in [4.78, 5) is 0. The third-order valence-corrected chi connectivity index (χ3v) is 2.44. The molecule has 0 heterocycles. The molecular weight excluding hydrogens is 236 g/mol. The van der Waals surface area contributed by atoms with Gasteiger partial charge in [-0.1, -0.05) is 0 Å². The highest BCUT2D eigenvalue weighted by molar-refractivity contribution is 5.52. The normalized spacial score (nSPS) is 13.2. The summed E-state index contributed by atoms with van der Waals surface area (Å²) in [6.07, 6.45) is -3.11. The molecule has 6 heteroatoms. The van der Waals surface area contributed by atoms with Crippen LogP contribution >= 0.6 is 0 Å². The lowest BCUT2D eigenvalue weighted by atomic mass is 9.99. The fraction of sp³-hybridized carbons (Fsp3) is 0.333. The molecule has 18 heavy (non-hydrogen) atoms. The summed E-state index contributed by atoms with van der Waals surface area (Å²) >= 11 is 0. The topological polar surface area (TPSA) is 118 Å². The molecule has 0 fully saturated rings. The van der Waals surface area contributed by atoms with E-state index >= 15 is 0 Å². The maximum atomic E-state index is 9.81. The average Bonchev–Trinajstić information content (AvgIpc) is 2.38. The number of hydrogen-bond donors (Lipinski definition) is 3. The van der Waals surface area contributed by atoms with Crippen molar-refractivity contribution in [2.24, 2.45) is 0 Å². The fourth-order valence-corrected chi connectivity index (χ4v) is 1.49. The molecule has 2 unspecified atom stereocenters. The van der Waals surface area contributed by atoms with Crippen molar-refractivity contribution < 1.29 is 20.1 Å². The van der Waals surface area contributed by atoms with Crippen molar-refractivity contribution in [1.29, 1.82) is 10.5 Å². The van der Waals surface area contributed by atoms with E-state index in [-0.39, 0.29) is 29.0 Å². The van der Waals surface area contributed by atoms with Crippen molar-refractivity contribution in [3.05, 3.63) is 23.3 Å². The average molecular weight is 248 g/mol. The quantitative estimate of drug-likeness (QED) is 0.717. The molecule has 94 valence electrons. The molecule has 0 aliphatic rings. The van der Waals surface area contributed by atoms with E-state index in [1.54, 1.807) is 6.07 Å². The van der Waals surface area contributed by atoms with E-state index in [4.69, 9.17) is 15.3 Å². The highest BCUT2D eigenvalue weighted by atomic mass is 16.5. The van der Waals surface area contributed by atoms with Crippen molar-refractivity contribution in [2.45, 2.75) is 18.6 Å². The highest BCUT2D eigenvalue weighted by Crippen LogP contribution is 2.36. The van der Waals surface area contributed by atoms with Crippen LogP contribution in [0.1, 0.15) is 23.7 Å². The van der Waals surface area contributed by atoms with Crippen molar-refractivity contribution in [3.63, 3.8) is 0 Å². The minimum absolute atomic E-state index is 0.0206. The summed E-state index contributed by atoms with van der Waals surface area (Å²) in [6.45, 7) is 0. The Balaban J connectivity index is 3.23. The number of nitrogens with zero attached hydrogens (tertiary/aromatic N) is 2. The molecule has 6 nitrogen and oxygen atoms in total. The number of nitriles is 2. The van der Waals surface area contributed by atoms with E-state index in [2.05, 4.69) is 0 Å². The van der Waals surface area contributed by atoms with E-state index in [9.17, 15) is 15.3 Å². The number of phenolic OH excluding ortho intramolecular Hbond substituents is 1. The molecule has 1 rings (SSSR count). The first kappa shape index (κ1) is 13.8. The van der Waals surface area contributed by atoms with E-state index < -0.39 is 12.2 Å². The van der Waals surface area contributed by atoms with Gasteiger partial charge in [-0.05, 0) is 6.07 Å². The summed E-state index contributed by atoms with van der Waals surface area (Å²) in [5, 5.41) is 46.4. The fourth-order valence-electron chi connectivity index (χ4n) is 1.49. The summed E-state index contributed by atoms with van der Waals surface area (Å²) < 4.78 is 4.86. The molecule has 3 N–H and O–H groups in total. The molecule has 0 aromatic heterocycles. The van der Waals surface area contributed by atoms with Gasteiger partial charge in [-0.3, -0.25) is 0 Å². The largest absolute Gasteiger partial charge is 0.504 e. The Morgan fingerprint density at radius 3 is 2.50 bits per heavy atom. The zero-order valence-corrected chi connectivity index (χ0v) is 9.66. The predicted octanol–water partition coefficient (Wildman–Crippen LogP) is 0.580. The van der Waals surface area contributed by atoms with Crippen molar-refractivity contribution in [3.8, 4) is 23.6 Å². The second-order valence-electron chi connectivity index (χ2n) is 3.60.